The average Bonchev–Trinajstić information content (AvgIpc) is 3.04. The van der Waals surface area contributed by atoms with Crippen molar-refractivity contribution in [2.75, 3.05) is 0 Å². The highest BCUT2D eigenvalue weighted by Gasteiger charge is 2.21. The van der Waals surface area contributed by atoms with Gasteiger partial charge in [-0.25, -0.2) is 4.79 Å². The minimum atomic E-state index is -1.09. The van der Waals surface area contributed by atoms with Crippen molar-refractivity contribution in [3.8, 4) is 11.5 Å². The molecule has 100 valence electrons. The van der Waals surface area contributed by atoms with Crippen molar-refractivity contribution in [2.45, 2.75) is 19.4 Å². The predicted octanol–water partition coefficient (Wildman–Crippen LogP) is 1.53. The minimum absolute atomic E-state index is 0.00565. The highest BCUT2D eigenvalue weighted by molar-refractivity contribution is 5.95. The first-order valence-corrected chi connectivity index (χ1v) is 5.66. The number of nitrogens with zero attached hydrogens (tertiary/aromatic N) is 1. The Kier molecular flexibility index (Phi) is 3.65. The third-order valence-corrected chi connectivity index (χ3v) is 2.52. The van der Waals surface area contributed by atoms with E-state index in [2.05, 4.69) is 10.5 Å². The number of aromatic nitrogens is 1. The molecule has 19 heavy (non-hydrogen) atoms. The molecule has 0 aliphatic heterocycles. The summed E-state index contributed by atoms with van der Waals surface area (Å²) in [5.74, 6) is -0.947. The molecule has 0 aliphatic rings. The molecule has 0 aliphatic carbocycles. The van der Waals surface area contributed by atoms with Gasteiger partial charge in [-0.1, -0.05) is 12.1 Å². The highest BCUT2D eigenvalue weighted by Crippen LogP contribution is 2.20. The maximum Gasteiger partial charge on any atom is 0.326 e. The van der Waals surface area contributed by atoms with Crippen LogP contribution in [0.5, 0.6) is 0 Å². The zero-order valence-corrected chi connectivity index (χ0v) is 10.1. The van der Waals surface area contributed by atoms with Crippen LogP contribution in [0.2, 0.25) is 0 Å². The van der Waals surface area contributed by atoms with Gasteiger partial charge >= 0.3 is 5.97 Å². The van der Waals surface area contributed by atoms with E-state index in [0.717, 1.165) is 0 Å². The molecule has 0 saturated carbocycles. The zero-order chi connectivity index (χ0) is 13.8. The van der Waals surface area contributed by atoms with Gasteiger partial charge < -0.3 is 19.4 Å². The molecule has 0 unspecified atom stereocenters. The number of carbonyl (C=O) groups excluding carboxylic acids is 1. The van der Waals surface area contributed by atoms with E-state index < -0.39 is 17.9 Å². The third kappa shape index (κ3) is 2.82. The number of nitrogens with one attached hydrogen (secondary N) is 1. The van der Waals surface area contributed by atoms with Crippen molar-refractivity contribution >= 4 is 11.9 Å². The largest absolute Gasteiger partial charge is 0.480 e. The van der Waals surface area contributed by atoms with Crippen molar-refractivity contribution in [1.82, 2.24) is 10.5 Å². The molecule has 0 saturated heterocycles. The van der Waals surface area contributed by atoms with Crippen LogP contribution >= 0.6 is 0 Å². The molecule has 7 nitrogen and oxygen atoms in total. The van der Waals surface area contributed by atoms with Gasteiger partial charge in [0.2, 0.25) is 5.76 Å². The molecule has 0 aromatic carbocycles. The van der Waals surface area contributed by atoms with Crippen LogP contribution in [0.3, 0.4) is 0 Å². The smallest absolute Gasteiger partial charge is 0.326 e. The molecular weight excluding hydrogens is 252 g/mol. The van der Waals surface area contributed by atoms with Gasteiger partial charge in [-0.05, 0) is 18.6 Å². The topological polar surface area (TPSA) is 106 Å². The maximum atomic E-state index is 11.8. The van der Waals surface area contributed by atoms with Crippen molar-refractivity contribution in [2.24, 2.45) is 0 Å². The monoisotopic (exact) mass is 264 g/mol. The molecule has 0 fully saturated rings. The first-order chi connectivity index (χ1) is 9.11. The van der Waals surface area contributed by atoms with Crippen molar-refractivity contribution in [3.05, 3.63) is 30.2 Å². The fourth-order valence-electron chi connectivity index (χ4n) is 1.49. The summed E-state index contributed by atoms with van der Waals surface area (Å²) < 4.78 is 10.0. The second-order valence-corrected chi connectivity index (χ2v) is 3.83. The summed E-state index contributed by atoms with van der Waals surface area (Å²) in [5.41, 5.74) is 0.00565. The normalized spacial score (nSPS) is 12.1. The van der Waals surface area contributed by atoms with Crippen LogP contribution in [0.4, 0.5) is 0 Å². The molecule has 0 bridgehead atoms. The third-order valence-electron chi connectivity index (χ3n) is 2.52. The number of hydrogen-bond donors (Lipinski definition) is 2. The molecule has 2 aromatic rings. The van der Waals surface area contributed by atoms with Crippen molar-refractivity contribution in [1.29, 1.82) is 0 Å². The van der Waals surface area contributed by atoms with Crippen LogP contribution in [-0.2, 0) is 4.79 Å². The van der Waals surface area contributed by atoms with E-state index in [9.17, 15) is 9.59 Å². The van der Waals surface area contributed by atoms with E-state index in [1.807, 2.05) is 0 Å². The summed E-state index contributed by atoms with van der Waals surface area (Å²) in [6, 6.07) is 3.78. The van der Waals surface area contributed by atoms with Gasteiger partial charge in [-0.15, -0.1) is 0 Å². The standard InChI is InChI=1S/C12H12N2O5/c1-2-7(12(16)17)13-11(15)8-6-10(19-14-8)9-4-3-5-18-9/h3-7H,2H2,1H3,(H,13,15)(H,16,17)/t7-/m0/s1. The van der Waals surface area contributed by atoms with Gasteiger partial charge in [0.1, 0.15) is 6.04 Å². The van der Waals surface area contributed by atoms with Crippen LogP contribution in [0.15, 0.2) is 33.4 Å². The summed E-state index contributed by atoms with van der Waals surface area (Å²) in [5, 5.41) is 14.8. The fourth-order valence-corrected chi connectivity index (χ4v) is 1.49. The summed E-state index contributed by atoms with van der Waals surface area (Å²) in [7, 11) is 0. The summed E-state index contributed by atoms with van der Waals surface area (Å²) in [4.78, 5) is 22.6. The van der Waals surface area contributed by atoms with Crippen LogP contribution in [0, 0.1) is 0 Å². The number of amides is 1. The number of carboxylic acid groups (broad SMARTS) is 1. The maximum absolute atomic E-state index is 11.8. The number of furan rings is 1. The van der Waals surface area contributed by atoms with Crippen LogP contribution < -0.4 is 5.32 Å². The zero-order valence-electron chi connectivity index (χ0n) is 10.1. The van der Waals surface area contributed by atoms with E-state index in [1.165, 1.54) is 12.3 Å². The van der Waals surface area contributed by atoms with Crippen molar-refractivity contribution < 1.29 is 23.6 Å². The first kappa shape index (κ1) is 12.9. The van der Waals surface area contributed by atoms with Crippen LogP contribution in [0.25, 0.3) is 11.5 Å². The van der Waals surface area contributed by atoms with E-state index in [-0.39, 0.29) is 12.1 Å². The molecule has 7 heteroatoms. The Morgan fingerprint density at radius 3 is 2.84 bits per heavy atom. The van der Waals surface area contributed by atoms with E-state index >= 15 is 0 Å². The molecule has 0 spiro atoms. The predicted molar refractivity (Wildman–Crippen MR) is 63.4 cm³/mol. The lowest BCUT2D eigenvalue weighted by Crippen LogP contribution is -2.40. The molecule has 2 heterocycles. The lowest BCUT2D eigenvalue weighted by atomic mass is 10.2. The number of carbonyl (C=O) groups is 2. The van der Waals surface area contributed by atoms with E-state index in [0.29, 0.717) is 11.5 Å². The van der Waals surface area contributed by atoms with Gasteiger partial charge in [-0.3, -0.25) is 4.79 Å². The number of hydrogen-bond acceptors (Lipinski definition) is 5. The molecule has 0 radical (unpaired) electrons. The number of aliphatic carboxylic acids is 1. The fraction of sp³-hybridized carbons (Fsp3) is 0.250. The highest BCUT2D eigenvalue weighted by atomic mass is 16.5. The summed E-state index contributed by atoms with van der Waals surface area (Å²) in [6.07, 6.45) is 1.75. The lowest BCUT2D eigenvalue weighted by molar-refractivity contribution is -0.139. The molecule has 1 amide bonds. The second-order valence-electron chi connectivity index (χ2n) is 3.83. The molecular formula is C12H12N2O5. The lowest BCUT2D eigenvalue weighted by Gasteiger charge is -2.10. The van der Waals surface area contributed by atoms with E-state index in [1.54, 1.807) is 19.1 Å². The van der Waals surface area contributed by atoms with Crippen LogP contribution in [0.1, 0.15) is 23.8 Å². The SMILES string of the molecule is CC[C@H](NC(=O)c1cc(-c2ccco2)on1)C(=O)O. The van der Waals surface area contributed by atoms with Gasteiger partial charge in [-0.2, -0.15) is 0 Å². The summed E-state index contributed by atoms with van der Waals surface area (Å²) in [6.45, 7) is 1.66. The molecule has 2 rings (SSSR count). The summed E-state index contributed by atoms with van der Waals surface area (Å²) >= 11 is 0. The average molecular weight is 264 g/mol. The van der Waals surface area contributed by atoms with Gasteiger partial charge in [0.25, 0.3) is 5.91 Å². The minimum Gasteiger partial charge on any atom is -0.480 e. The Balaban J connectivity index is 2.10. The van der Waals surface area contributed by atoms with Gasteiger partial charge in [0.15, 0.2) is 11.5 Å². The molecule has 2 N–H and O–H groups in total. The molecule has 2 aromatic heterocycles. The number of rotatable bonds is 5. The Labute approximate surface area is 108 Å². The second kappa shape index (κ2) is 5.38. The quantitative estimate of drug-likeness (QED) is 0.848. The number of carboxylic acids is 1. The van der Waals surface area contributed by atoms with E-state index in [4.69, 9.17) is 14.0 Å². The molecule has 1 atom stereocenters. The Morgan fingerprint density at radius 1 is 1.47 bits per heavy atom. The Morgan fingerprint density at radius 2 is 2.26 bits per heavy atom. The Hall–Kier alpha value is -2.57. The van der Waals surface area contributed by atoms with Crippen molar-refractivity contribution in [3.63, 3.8) is 0 Å². The van der Waals surface area contributed by atoms with Gasteiger partial charge in [0, 0.05) is 6.07 Å². The van der Waals surface area contributed by atoms with Gasteiger partial charge in [0.05, 0.1) is 6.26 Å². The van der Waals surface area contributed by atoms with Crippen LogP contribution in [-0.4, -0.2) is 28.2 Å². The first-order valence-electron chi connectivity index (χ1n) is 5.66. The Bertz CT molecular complexity index is 573.